The average Bonchev–Trinajstić information content (AvgIpc) is 3.26. The van der Waals surface area contributed by atoms with Crippen molar-refractivity contribution in [3.05, 3.63) is 48.0 Å². The van der Waals surface area contributed by atoms with Crippen molar-refractivity contribution in [3.63, 3.8) is 0 Å². The largest absolute Gasteiger partial charge is 0.454 e. The number of anilines is 2. The van der Waals surface area contributed by atoms with E-state index < -0.39 is 0 Å². The molecular weight excluding hydrogens is 346 g/mol. The fraction of sp³-hybridized carbons (Fsp3) is 0.300. The lowest BCUT2D eigenvalue weighted by molar-refractivity contribution is -0.117. The number of carbonyl (C=O) groups is 2. The Bertz CT molecular complexity index is 866. The van der Waals surface area contributed by atoms with E-state index in [1.807, 2.05) is 31.2 Å². The van der Waals surface area contributed by atoms with E-state index in [4.69, 9.17) is 9.47 Å². The van der Waals surface area contributed by atoms with Crippen molar-refractivity contribution < 1.29 is 19.1 Å². The molecule has 1 fully saturated rings. The number of urea groups is 1. The highest BCUT2D eigenvalue weighted by Crippen LogP contribution is 2.34. The van der Waals surface area contributed by atoms with Crippen molar-refractivity contribution in [2.45, 2.75) is 13.3 Å². The number of hydrogen-bond acceptors (Lipinski definition) is 4. The van der Waals surface area contributed by atoms with E-state index in [-0.39, 0.29) is 24.6 Å². The molecule has 0 radical (unpaired) electrons. The molecule has 2 aliphatic heterocycles. The molecule has 2 aliphatic rings. The van der Waals surface area contributed by atoms with Crippen LogP contribution in [0.1, 0.15) is 12.0 Å². The maximum absolute atomic E-state index is 12.3. The number of nitrogens with one attached hydrogen (secondary N) is 2. The molecule has 2 heterocycles. The highest BCUT2D eigenvalue weighted by Gasteiger charge is 2.30. The minimum absolute atomic E-state index is 0.0845. The van der Waals surface area contributed by atoms with Crippen molar-refractivity contribution in [1.29, 1.82) is 0 Å². The fourth-order valence-electron chi connectivity index (χ4n) is 3.28. The van der Waals surface area contributed by atoms with Crippen LogP contribution >= 0.6 is 0 Å². The highest BCUT2D eigenvalue weighted by molar-refractivity contribution is 5.96. The minimum Gasteiger partial charge on any atom is -0.454 e. The molecule has 7 nitrogen and oxygen atoms in total. The molecule has 0 saturated carbocycles. The molecule has 140 valence electrons. The number of aryl methyl sites for hydroxylation is 1. The van der Waals surface area contributed by atoms with Crippen LogP contribution in [0.15, 0.2) is 42.5 Å². The van der Waals surface area contributed by atoms with E-state index in [0.717, 1.165) is 11.3 Å². The summed E-state index contributed by atoms with van der Waals surface area (Å²) in [5.74, 6) is 1.45. The molecule has 1 atom stereocenters. The number of hydrogen-bond donors (Lipinski definition) is 2. The monoisotopic (exact) mass is 367 g/mol. The lowest BCUT2D eigenvalue weighted by Crippen LogP contribution is -2.34. The molecule has 0 aliphatic carbocycles. The van der Waals surface area contributed by atoms with Gasteiger partial charge in [0, 0.05) is 42.9 Å². The van der Waals surface area contributed by atoms with Gasteiger partial charge in [0.2, 0.25) is 12.7 Å². The molecule has 7 heteroatoms. The van der Waals surface area contributed by atoms with Crippen LogP contribution in [0.3, 0.4) is 0 Å². The summed E-state index contributed by atoms with van der Waals surface area (Å²) in [6.07, 6.45) is 0.429. The van der Waals surface area contributed by atoms with E-state index >= 15 is 0 Å². The molecule has 2 N–H and O–H groups in total. The fourth-order valence-corrected chi connectivity index (χ4v) is 3.28. The summed E-state index contributed by atoms with van der Waals surface area (Å²) >= 11 is 0. The Labute approximate surface area is 157 Å². The first-order valence-corrected chi connectivity index (χ1v) is 8.90. The first-order valence-electron chi connectivity index (χ1n) is 8.90. The second-order valence-electron chi connectivity index (χ2n) is 6.81. The Morgan fingerprint density at radius 3 is 2.74 bits per heavy atom. The van der Waals surface area contributed by atoms with Gasteiger partial charge in [-0.15, -0.1) is 0 Å². The van der Waals surface area contributed by atoms with Gasteiger partial charge in [-0.05, 0) is 31.2 Å². The normalized spacial score (nSPS) is 17.9. The van der Waals surface area contributed by atoms with Crippen LogP contribution in [0.5, 0.6) is 11.5 Å². The van der Waals surface area contributed by atoms with Crippen molar-refractivity contribution >= 4 is 23.3 Å². The van der Waals surface area contributed by atoms with Crippen molar-refractivity contribution in [3.8, 4) is 11.5 Å². The summed E-state index contributed by atoms with van der Waals surface area (Å²) in [7, 11) is 0. The van der Waals surface area contributed by atoms with Crippen LogP contribution in [0.4, 0.5) is 16.2 Å². The molecule has 1 saturated heterocycles. The van der Waals surface area contributed by atoms with Crippen LogP contribution in [-0.4, -0.2) is 31.8 Å². The first kappa shape index (κ1) is 17.2. The van der Waals surface area contributed by atoms with E-state index in [1.165, 1.54) is 0 Å². The molecule has 0 bridgehead atoms. The number of rotatable bonds is 4. The van der Waals surface area contributed by atoms with Gasteiger partial charge in [-0.2, -0.15) is 0 Å². The Hall–Kier alpha value is -3.22. The quantitative estimate of drug-likeness (QED) is 0.871. The molecule has 0 spiro atoms. The van der Waals surface area contributed by atoms with Gasteiger partial charge in [0.05, 0.1) is 0 Å². The highest BCUT2D eigenvalue weighted by atomic mass is 16.7. The van der Waals surface area contributed by atoms with E-state index in [1.54, 1.807) is 23.1 Å². The second kappa shape index (κ2) is 7.19. The van der Waals surface area contributed by atoms with Gasteiger partial charge >= 0.3 is 6.03 Å². The van der Waals surface area contributed by atoms with Gasteiger partial charge in [-0.25, -0.2) is 4.79 Å². The number of ether oxygens (including phenoxy) is 2. The first-order chi connectivity index (χ1) is 13.1. The van der Waals surface area contributed by atoms with Crippen LogP contribution in [0.25, 0.3) is 0 Å². The number of amides is 3. The zero-order valence-corrected chi connectivity index (χ0v) is 15.0. The third kappa shape index (κ3) is 3.81. The zero-order valence-electron chi connectivity index (χ0n) is 15.0. The van der Waals surface area contributed by atoms with Crippen LogP contribution < -0.4 is 25.0 Å². The molecule has 4 rings (SSSR count). The van der Waals surface area contributed by atoms with Crippen molar-refractivity contribution in [1.82, 2.24) is 5.32 Å². The Morgan fingerprint density at radius 2 is 1.93 bits per heavy atom. The van der Waals surface area contributed by atoms with Gasteiger partial charge in [0.1, 0.15) is 0 Å². The molecule has 2 aromatic rings. The summed E-state index contributed by atoms with van der Waals surface area (Å²) in [4.78, 5) is 26.2. The number of nitrogens with zero attached hydrogens (tertiary/aromatic N) is 1. The van der Waals surface area contributed by atoms with Gasteiger partial charge in [0.25, 0.3) is 0 Å². The van der Waals surface area contributed by atoms with Gasteiger partial charge in [0.15, 0.2) is 11.5 Å². The van der Waals surface area contributed by atoms with E-state index in [9.17, 15) is 9.59 Å². The topological polar surface area (TPSA) is 79.9 Å². The maximum Gasteiger partial charge on any atom is 0.319 e. The molecule has 3 amide bonds. The minimum atomic E-state index is -0.310. The SMILES string of the molecule is Cc1ccc(N2C[C@@H](CNC(=O)Nc3ccc4c(c3)OCO4)CC2=O)cc1. The smallest absolute Gasteiger partial charge is 0.319 e. The molecule has 0 aromatic heterocycles. The molecular formula is C20H21N3O4. The number of carbonyl (C=O) groups excluding carboxylic acids is 2. The Balaban J connectivity index is 1.29. The lowest BCUT2D eigenvalue weighted by atomic mass is 10.1. The predicted octanol–water partition coefficient (Wildman–Crippen LogP) is 2.90. The van der Waals surface area contributed by atoms with Crippen LogP contribution in [0, 0.1) is 12.8 Å². The lowest BCUT2D eigenvalue weighted by Gasteiger charge is -2.17. The zero-order chi connectivity index (χ0) is 18.8. The Morgan fingerprint density at radius 1 is 1.15 bits per heavy atom. The van der Waals surface area contributed by atoms with Gasteiger partial charge in [-0.3, -0.25) is 4.79 Å². The van der Waals surface area contributed by atoms with Gasteiger partial charge in [-0.1, -0.05) is 17.7 Å². The van der Waals surface area contributed by atoms with E-state index in [0.29, 0.717) is 36.7 Å². The number of benzene rings is 2. The van der Waals surface area contributed by atoms with Crippen LogP contribution in [0.2, 0.25) is 0 Å². The summed E-state index contributed by atoms with van der Waals surface area (Å²) in [5, 5.41) is 5.61. The predicted molar refractivity (Wildman–Crippen MR) is 101 cm³/mol. The Kier molecular flexibility index (Phi) is 4.58. The summed E-state index contributed by atoms with van der Waals surface area (Å²) in [5.41, 5.74) is 2.68. The summed E-state index contributed by atoms with van der Waals surface area (Å²) in [6, 6.07) is 12.8. The standard InChI is InChI=1S/C20H21N3O4/c1-13-2-5-16(6-3-13)23-11-14(8-19(23)24)10-21-20(25)22-15-4-7-17-18(9-15)27-12-26-17/h2-7,9,14H,8,10-12H2,1H3,(H2,21,22,25)/t14-/m1/s1. The number of fused-ring (bicyclic) bond motifs is 1. The molecule has 0 unspecified atom stereocenters. The summed E-state index contributed by atoms with van der Waals surface area (Å²) < 4.78 is 10.5. The van der Waals surface area contributed by atoms with Crippen molar-refractivity contribution in [2.75, 3.05) is 30.1 Å². The third-order valence-corrected chi connectivity index (χ3v) is 4.73. The molecule has 27 heavy (non-hydrogen) atoms. The third-order valence-electron chi connectivity index (χ3n) is 4.73. The van der Waals surface area contributed by atoms with E-state index in [2.05, 4.69) is 10.6 Å². The maximum atomic E-state index is 12.3. The van der Waals surface area contributed by atoms with Gasteiger partial charge < -0.3 is 25.0 Å². The average molecular weight is 367 g/mol. The molecule has 2 aromatic carbocycles. The summed E-state index contributed by atoms with van der Waals surface area (Å²) in [6.45, 7) is 3.25. The van der Waals surface area contributed by atoms with Crippen LogP contribution in [-0.2, 0) is 4.79 Å². The van der Waals surface area contributed by atoms with Crippen molar-refractivity contribution in [2.24, 2.45) is 5.92 Å². The second-order valence-corrected chi connectivity index (χ2v) is 6.81.